The summed E-state index contributed by atoms with van der Waals surface area (Å²) in [6, 6.07) is 12.2. The van der Waals surface area contributed by atoms with Gasteiger partial charge < -0.3 is 4.98 Å². The standard InChI is InChI=1S/C15H13N3/c1-18-10-8-12(9-11-18)6-7-15-16-13-4-2-3-5-14(13)17-15/h2-11H,1H3/p+1. The van der Waals surface area contributed by atoms with Gasteiger partial charge in [-0.2, -0.15) is 0 Å². The second-order valence-electron chi connectivity index (χ2n) is 4.27. The van der Waals surface area contributed by atoms with Crippen molar-refractivity contribution < 1.29 is 4.57 Å². The highest BCUT2D eigenvalue weighted by Crippen LogP contribution is 2.12. The van der Waals surface area contributed by atoms with E-state index in [4.69, 9.17) is 0 Å². The minimum absolute atomic E-state index is 0.879. The van der Waals surface area contributed by atoms with Crippen molar-refractivity contribution >= 4 is 23.2 Å². The molecule has 0 radical (unpaired) electrons. The van der Waals surface area contributed by atoms with Crippen molar-refractivity contribution in [1.29, 1.82) is 0 Å². The van der Waals surface area contributed by atoms with Crippen LogP contribution in [0, 0.1) is 0 Å². The quantitative estimate of drug-likeness (QED) is 0.681. The second kappa shape index (κ2) is 4.45. The number of fused-ring (bicyclic) bond motifs is 1. The summed E-state index contributed by atoms with van der Waals surface area (Å²) in [5.41, 5.74) is 3.22. The Balaban J connectivity index is 1.89. The predicted octanol–water partition coefficient (Wildman–Crippen LogP) is 2.56. The van der Waals surface area contributed by atoms with Gasteiger partial charge in [0.15, 0.2) is 12.4 Å². The number of benzene rings is 1. The first-order chi connectivity index (χ1) is 8.81. The van der Waals surface area contributed by atoms with E-state index < -0.39 is 0 Å². The van der Waals surface area contributed by atoms with E-state index in [0.717, 1.165) is 22.4 Å². The molecule has 0 atom stereocenters. The van der Waals surface area contributed by atoms with Crippen LogP contribution in [0.1, 0.15) is 11.4 Å². The number of nitrogens with zero attached hydrogens (tertiary/aromatic N) is 2. The molecule has 3 nitrogen and oxygen atoms in total. The molecule has 3 aromatic rings. The fraction of sp³-hybridized carbons (Fsp3) is 0.0667. The van der Waals surface area contributed by atoms with Crippen LogP contribution in [0.3, 0.4) is 0 Å². The molecule has 2 aromatic heterocycles. The van der Waals surface area contributed by atoms with Gasteiger partial charge in [0.05, 0.1) is 11.0 Å². The molecule has 0 aliphatic rings. The van der Waals surface area contributed by atoms with E-state index in [9.17, 15) is 0 Å². The number of pyridine rings is 1. The number of H-pyrrole nitrogens is 1. The van der Waals surface area contributed by atoms with Crippen LogP contribution in [0.25, 0.3) is 23.2 Å². The lowest BCUT2D eigenvalue weighted by Gasteiger charge is -1.90. The molecule has 0 bridgehead atoms. The van der Waals surface area contributed by atoms with Gasteiger partial charge in [0.25, 0.3) is 0 Å². The fourth-order valence-electron chi connectivity index (χ4n) is 1.85. The van der Waals surface area contributed by atoms with Crippen molar-refractivity contribution in [2.75, 3.05) is 0 Å². The number of hydrogen-bond donors (Lipinski definition) is 1. The average molecular weight is 236 g/mol. The monoisotopic (exact) mass is 236 g/mol. The summed E-state index contributed by atoms with van der Waals surface area (Å²) >= 11 is 0. The maximum absolute atomic E-state index is 4.50. The Morgan fingerprint density at radius 1 is 1.06 bits per heavy atom. The van der Waals surface area contributed by atoms with Gasteiger partial charge in [-0.25, -0.2) is 9.55 Å². The fourth-order valence-corrected chi connectivity index (χ4v) is 1.85. The lowest BCUT2D eigenvalue weighted by molar-refractivity contribution is -0.671. The Kier molecular flexibility index (Phi) is 2.65. The number of aromatic amines is 1. The minimum Gasteiger partial charge on any atom is -0.338 e. The van der Waals surface area contributed by atoms with Gasteiger partial charge in [-0.05, 0) is 23.8 Å². The molecule has 0 unspecified atom stereocenters. The molecule has 0 fully saturated rings. The van der Waals surface area contributed by atoms with Crippen LogP contribution in [0.4, 0.5) is 0 Å². The minimum atomic E-state index is 0.879. The van der Waals surface area contributed by atoms with Crippen LogP contribution in [-0.4, -0.2) is 9.97 Å². The van der Waals surface area contributed by atoms with Crippen molar-refractivity contribution in [1.82, 2.24) is 9.97 Å². The summed E-state index contributed by atoms with van der Waals surface area (Å²) in [6.45, 7) is 0. The Hall–Kier alpha value is -2.42. The molecule has 3 rings (SSSR count). The maximum atomic E-state index is 4.50. The molecule has 0 amide bonds. The number of hydrogen-bond acceptors (Lipinski definition) is 1. The number of nitrogens with one attached hydrogen (secondary N) is 1. The Morgan fingerprint density at radius 2 is 1.83 bits per heavy atom. The maximum Gasteiger partial charge on any atom is 0.169 e. The summed E-state index contributed by atoms with van der Waals surface area (Å²) in [6.07, 6.45) is 8.10. The van der Waals surface area contributed by atoms with Crippen molar-refractivity contribution in [2.45, 2.75) is 0 Å². The van der Waals surface area contributed by atoms with Crippen molar-refractivity contribution in [3.63, 3.8) is 0 Å². The van der Waals surface area contributed by atoms with E-state index in [0.29, 0.717) is 0 Å². The number of aryl methyl sites for hydroxylation is 1. The molecular formula is C15H14N3+. The first-order valence-corrected chi connectivity index (χ1v) is 5.89. The third kappa shape index (κ3) is 2.15. The molecule has 0 aliphatic carbocycles. The van der Waals surface area contributed by atoms with Gasteiger partial charge in [0, 0.05) is 12.1 Å². The molecule has 0 saturated heterocycles. The van der Waals surface area contributed by atoms with E-state index in [2.05, 4.69) is 28.2 Å². The summed E-state index contributed by atoms with van der Waals surface area (Å²) in [5.74, 6) is 0.879. The molecule has 3 heteroatoms. The molecule has 1 N–H and O–H groups in total. The first-order valence-electron chi connectivity index (χ1n) is 5.89. The van der Waals surface area contributed by atoms with Crippen LogP contribution in [0.5, 0.6) is 0 Å². The SMILES string of the molecule is C[n+]1ccc(C=Cc2nc3ccccc3[nH]2)cc1. The molecule has 0 spiro atoms. The largest absolute Gasteiger partial charge is 0.338 e. The third-order valence-electron chi connectivity index (χ3n) is 2.85. The van der Waals surface area contributed by atoms with Crippen LogP contribution in [-0.2, 0) is 7.05 Å². The normalized spacial score (nSPS) is 11.4. The molecular weight excluding hydrogens is 222 g/mol. The van der Waals surface area contributed by atoms with Gasteiger partial charge in [0.2, 0.25) is 0 Å². The third-order valence-corrected chi connectivity index (χ3v) is 2.85. The lowest BCUT2D eigenvalue weighted by atomic mass is 10.2. The highest BCUT2D eigenvalue weighted by atomic mass is 14.9. The molecule has 18 heavy (non-hydrogen) atoms. The number of para-hydroxylation sites is 2. The van der Waals surface area contributed by atoms with Crippen molar-refractivity contribution in [3.8, 4) is 0 Å². The highest BCUT2D eigenvalue weighted by molar-refractivity contribution is 5.78. The molecule has 88 valence electrons. The van der Waals surface area contributed by atoms with Gasteiger partial charge >= 0.3 is 0 Å². The molecule has 0 aliphatic heterocycles. The van der Waals surface area contributed by atoms with Crippen LogP contribution in [0.15, 0.2) is 48.8 Å². The molecule has 2 heterocycles. The number of imidazole rings is 1. The zero-order chi connectivity index (χ0) is 12.4. The van der Waals surface area contributed by atoms with Crippen molar-refractivity contribution in [3.05, 3.63) is 60.2 Å². The van der Waals surface area contributed by atoms with Gasteiger partial charge in [-0.3, -0.25) is 0 Å². The van der Waals surface area contributed by atoms with E-state index in [1.807, 2.05) is 54.3 Å². The van der Waals surface area contributed by atoms with Gasteiger partial charge in [-0.15, -0.1) is 0 Å². The van der Waals surface area contributed by atoms with E-state index in [1.54, 1.807) is 0 Å². The van der Waals surface area contributed by atoms with Crippen LogP contribution >= 0.6 is 0 Å². The first kappa shape index (κ1) is 10.7. The average Bonchev–Trinajstić information content (AvgIpc) is 2.81. The topological polar surface area (TPSA) is 32.6 Å². The summed E-state index contributed by atoms with van der Waals surface area (Å²) in [4.78, 5) is 7.77. The number of aromatic nitrogens is 3. The van der Waals surface area contributed by atoms with Crippen LogP contribution in [0.2, 0.25) is 0 Å². The summed E-state index contributed by atoms with van der Waals surface area (Å²) in [5, 5.41) is 0. The molecule has 1 aromatic carbocycles. The van der Waals surface area contributed by atoms with Crippen LogP contribution < -0.4 is 4.57 Å². The Bertz CT molecular complexity index is 660. The second-order valence-corrected chi connectivity index (χ2v) is 4.27. The summed E-state index contributed by atoms with van der Waals surface area (Å²) < 4.78 is 2.01. The van der Waals surface area contributed by atoms with E-state index in [-0.39, 0.29) is 0 Å². The van der Waals surface area contributed by atoms with Gasteiger partial charge in [-0.1, -0.05) is 18.2 Å². The smallest absolute Gasteiger partial charge is 0.169 e. The molecule has 0 saturated carbocycles. The van der Waals surface area contributed by atoms with E-state index in [1.165, 1.54) is 0 Å². The Labute approximate surface area is 105 Å². The zero-order valence-corrected chi connectivity index (χ0v) is 10.2. The van der Waals surface area contributed by atoms with Gasteiger partial charge in [0.1, 0.15) is 12.9 Å². The zero-order valence-electron chi connectivity index (χ0n) is 10.2. The summed E-state index contributed by atoms with van der Waals surface area (Å²) in [7, 11) is 2.01. The van der Waals surface area contributed by atoms with E-state index >= 15 is 0 Å². The lowest BCUT2D eigenvalue weighted by Crippen LogP contribution is -2.25. The Morgan fingerprint density at radius 3 is 2.61 bits per heavy atom. The predicted molar refractivity (Wildman–Crippen MR) is 72.6 cm³/mol. The highest BCUT2D eigenvalue weighted by Gasteiger charge is 1.98. The van der Waals surface area contributed by atoms with Crippen molar-refractivity contribution in [2.24, 2.45) is 7.05 Å². The number of rotatable bonds is 2.